The largest absolute Gasteiger partial charge is 0.315 e. The maximum absolute atomic E-state index is 12.3. The zero-order valence-electron chi connectivity index (χ0n) is 13.0. The third-order valence-corrected chi connectivity index (χ3v) is 4.95. The van der Waals surface area contributed by atoms with Crippen molar-refractivity contribution < 1.29 is 8.42 Å². The molecule has 0 aliphatic heterocycles. The predicted molar refractivity (Wildman–Crippen MR) is 84.6 cm³/mol. The Morgan fingerprint density at radius 2 is 2.24 bits per heavy atom. The highest BCUT2D eigenvalue weighted by Gasteiger charge is 2.21. The van der Waals surface area contributed by atoms with Gasteiger partial charge in [-0.15, -0.1) is 6.58 Å². The van der Waals surface area contributed by atoms with Crippen LogP contribution in [0.1, 0.15) is 26.2 Å². The molecule has 7 heteroatoms. The SMILES string of the molecule is C=CCCCN(C)S(=O)(=O)c1cnn(CCNCCC)c1. The van der Waals surface area contributed by atoms with Crippen LogP contribution in [0.5, 0.6) is 0 Å². The van der Waals surface area contributed by atoms with E-state index in [0.717, 1.165) is 32.4 Å². The topological polar surface area (TPSA) is 67.2 Å². The van der Waals surface area contributed by atoms with Gasteiger partial charge in [0.25, 0.3) is 0 Å². The van der Waals surface area contributed by atoms with Gasteiger partial charge in [0, 0.05) is 26.3 Å². The molecular formula is C14H26N4O2S. The molecule has 1 aromatic heterocycles. The number of unbranched alkanes of at least 4 members (excludes halogenated alkanes) is 1. The van der Waals surface area contributed by atoms with Gasteiger partial charge in [-0.2, -0.15) is 5.10 Å². The van der Waals surface area contributed by atoms with Crippen LogP contribution < -0.4 is 5.32 Å². The van der Waals surface area contributed by atoms with Crippen LogP contribution in [0.4, 0.5) is 0 Å². The van der Waals surface area contributed by atoms with Crippen LogP contribution in [0, 0.1) is 0 Å². The van der Waals surface area contributed by atoms with Crippen molar-refractivity contribution in [1.82, 2.24) is 19.4 Å². The average molecular weight is 314 g/mol. The van der Waals surface area contributed by atoms with E-state index in [1.54, 1.807) is 24.0 Å². The second-order valence-electron chi connectivity index (χ2n) is 4.95. The molecule has 0 atom stereocenters. The molecular weight excluding hydrogens is 288 g/mol. The fourth-order valence-electron chi connectivity index (χ4n) is 1.85. The van der Waals surface area contributed by atoms with E-state index < -0.39 is 10.0 Å². The third kappa shape index (κ3) is 5.61. The van der Waals surface area contributed by atoms with Gasteiger partial charge in [-0.25, -0.2) is 12.7 Å². The molecule has 6 nitrogen and oxygen atoms in total. The van der Waals surface area contributed by atoms with Crippen LogP contribution in [-0.4, -0.2) is 49.2 Å². The summed E-state index contributed by atoms with van der Waals surface area (Å²) in [6.45, 7) is 8.63. The highest BCUT2D eigenvalue weighted by Crippen LogP contribution is 2.13. The van der Waals surface area contributed by atoms with Crippen molar-refractivity contribution in [1.29, 1.82) is 0 Å². The Hall–Kier alpha value is -1.18. The summed E-state index contributed by atoms with van der Waals surface area (Å²) in [5.41, 5.74) is 0. The lowest BCUT2D eigenvalue weighted by Crippen LogP contribution is -2.27. The van der Waals surface area contributed by atoms with E-state index >= 15 is 0 Å². The molecule has 1 aromatic rings. The molecule has 0 saturated carbocycles. The van der Waals surface area contributed by atoms with Crippen LogP contribution >= 0.6 is 0 Å². The molecule has 0 unspecified atom stereocenters. The number of aromatic nitrogens is 2. The number of rotatable bonds is 11. The van der Waals surface area contributed by atoms with Gasteiger partial charge >= 0.3 is 0 Å². The second kappa shape index (κ2) is 8.96. The van der Waals surface area contributed by atoms with Gasteiger partial charge < -0.3 is 5.32 Å². The first-order valence-corrected chi connectivity index (χ1v) is 8.76. The number of allylic oxidation sites excluding steroid dienone is 1. The Balaban J connectivity index is 2.58. The van der Waals surface area contributed by atoms with Crippen LogP contribution in [0.3, 0.4) is 0 Å². The third-order valence-electron chi connectivity index (χ3n) is 3.14. The molecule has 1 heterocycles. The zero-order chi connectivity index (χ0) is 15.7. The Kier molecular flexibility index (Phi) is 7.63. The summed E-state index contributed by atoms with van der Waals surface area (Å²) in [5, 5.41) is 7.37. The standard InChI is InChI=1S/C14H26N4O2S/c1-4-6-7-10-17(3)21(19,20)14-12-16-18(13-14)11-9-15-8-5-2/h4,12-13,15H,1,5-11H2,2-3H3. The van der Waals surface area contributed by atoms with Crippen molar-refractivity contribution >= 4 is 10.0 Å². The molecule has 120 valence electrons. The number of nitrogens with one attached hydrogen (secondary N) is 1. The van der Waals surface area contributed by atoms with Crippen molar-refractivity contribution in [2.45, 2.75) is 37.6 Å². The summed E-state index contributed by atoms with van der Waals surface area (Å²) < 4.78 is 27.7. The van der Waals surface area contributed by atoms with E-state index in [1.807, 2.05) is 0 Å². The van der Waals surface area contributed by atoms with E-state index in [4.69, 9.17) is 0 Å². The van der Waals surface area contributed by atoms with Crippen molar-refractivity contribution in [3.63, 3.8) is 0 Å². The first-order valence-electron chi connectivity index (χ1n) is 7.32. The highest BCUT2D eigenvalue weighted by molar-refractivity contribution is 7.89. The van der Waals surface area contributed by atoms with Gasteiger partial charge in [0.05, 0.1) is 12.7 Å². The molecule has 21 heavy (non-hydrogen) atoms. The van der Waals surface area contributed by atoms with Gasteiger partial charge in [-0.3, -0.25) is 4.68 Å². The Bertz CT molecular complexity index is 525. The first kappa shape index (κ1) is 17.9. The van der Waals surface area contributed by atoms with Crippen molar-refractivity contribution in [2.75, 3.05) is 26.7 Å². The predicted octanol–water partition coefficient (Wildman–Crippen LogP) is 1.47. The number of sulfonamides is 1. The summed E-state index contributed by atoms with van der Waals surface area (Å²) in [4.78, 5) is 0.249. The quantitative estimate of drug-likeness (QED) is 0.496. The summed E-state index contributed by atoms with van der Waals surface area (Å²) in [5.74, 6) is 0. The van der Waals surface area contributed by atoms with Crippen LogP contribution in [0.2, 0.25) is 0 Å². The maximum atomic E-state index is 12.3. The van der Waals surface area contributed by atoms with Gasteiger partial charge in [0.15, 0.2) is 0 Å². The zero-order valence-corrected chi connectivity index (χ0v) is 13.8. The summed E-state index contributed by atoms with van der Waals surface area (Å²) in [6, 6.07) is 0. The van der Waals surface area contributed by atoms with Crippen molar-refractivity contribution in [3.05, 3.63) is 25.0 Å². The van der Waals surface area contributed by atoms with Gasteiger partial charge in [0.2, 0.25) is 10.0 Å². The van der Waals surface area contributed by atoms with Crippen molar-refractivity contribution in [3.8, 4) is 0 Å². The Labute approximate surface area is 127 Å². The van der Waals surface area contributed by atoms with Crippen molar-refractivity contribution in [2.24, 2.45) is 0 Å². The number of nitrogens with zero attached hydrogens (tertiary/aromatic N) is 3. The average Bonchev–Trinajstić information content (AvgIpc) is 2.93. The molecule has 1 N–H and O–H groups in total. The first-order chi connectivity index (χ1) is 10.0. The van der Waals surface area contributed by atoms with Crippen LogP contribution in [0.15, 0.2) is 29.9 Å². The molecule has 0 saturated heterocycles. The number of hydrogen-bond donors (Lipinski definition) is 1. The van der Waals surface area contributed by atoms with E-state index in [1.165, 1.54) is 10.5 Å². The minimum absolute atomic E-state index is 0.249. The van der Waals surface area contributed by atoms with Crippen LogP contribution in [-0.2, 0) is 16.6 Å². The smallest absolute Gasteiger partial charge is 0.245 e. The normalized spacial score (nSPS) is 12.0. The molecule has 0 amide bonds. The molecule has 0 spiro atoms. The lowest BCUT2D eigenvalue weighted by Gasteiger charge is -2.15. The van der Waals surface area contributed by atoms with E-state index in [2.05, 4.69) is 23.9 Å². The number of hydrogen-bond acceptors (Lipinski definition) is 4. The van der Waals surface area contributed by atoms with Crippen LogP contribution in [0.25, 0.3) is 0 Å². The molecule has 0 aliphatic rings. The second-order valence-corrected chi connectivity index (χ2v) is 6.99. The van der Waals surface area contributed by atoms with E-state index in [0.29, 0.717) is 13.1 Å². The minimum atomic E-state index is -3.44. The van der Waals surface area contributed by atoms with Gasteiger partial charge in [-0.05, 0) is 25.8 Å². The lowest BCUT2D eigenvalue weighted by atomic mass is 10.3. The maximum Gasteiger partial charge on any atom is 0.245 e. The lowest BCUT2D eigenvalue weighted by molar-refractivity contribution is 0.462. The molecule has 0 aromatic carbocycles. The van der Waals surface area contributed by atoms with E-state index in [9.17, 15) is 8.42 Å². The van der Waals surface area contributed by atoms with Gasteiger partial charge in [0.1, 0.15) is 4.90 Å². The summed E-state index contributed by atoms with van der Waals surface area (Å²) >= 11 is 0. The molecule has 0 bridgehead atoms. The van der Waals surface area contributed by atoms with Gasteiger partial charge in [-0.1, -0.05) is 13.0 Å². The van der Waals surface area contributed by atoms with E-state index in [-0.39, 0.29) is 4.90 Å². The Morgan fingerprint density at radius 1 is 1.48 bits per heavy atom. The summed E-state index contributed by atoms with van der Waals surface area (Å²) in [6.07, 6.45) is 7.46. The fraction of sp³-hybridized carbons (Fsp3) is 0.643. The Morgan fingerprint density at radius 3 is 2.90 bits per heavy atom. The molecule has 0 radical (unpaired) electrons. The molecule has 0 fully saturated rings. The monoisotopic (exact) mass is 314 g/mol. The molecule has 0 aliphatic carbocycles. The minimum Gasteiger partial charge on any atom is -0.315 e. The summed E-state index contributed by atoms with van der Waals surface area (Å²) in [7, 11) is -1.84. The fourth-order valence-corrected chi connectivity index (χ4v) is 3.02. The molecule has 1 rings (SSSR count). The highest BCUT2D eigenvalue weighted by atomic mass is 32.2.